The van der Waals surface area contributed by atoms with Gasteiger partial charge in [0.15, 0.2) is 12.4 Å². The number of fused-ring (bicyclic) bond motifs is 1. The van der Waals surface area contributed by atoms with Crippen LogP contribution in [0.1, 0.15) is 12.7 Å². The van der Waals surface area contributed by atoms with E-state index in [2.05, 4.69) is 9.97 Å². The highest BCUT2D eigenvalue weighted by molar-refractivity contribution is 6.31. The van der Waals surface area contributed by atoms with Crippen LogP contribution in [0.15, 0.2) is 24.4 Å². The van der Waals surface area contributed by atoms with E-state index in [1.165, 1.54) is 6.92 Å². The number of esters is 1. The lowest BCUT2D eigenvalue weighted by molar-refractivity contribution is -0.142. The Labute approximate surface area is 97.2 Å². The Morgan fingerprint density at radius 1 is 1.50 bits per heavy atom. The lowest BCUT2D eigenvalue weighted by atomic mass is 10.2. The minimum absolute atomic E-state index is 0.0912. The van der Waals surface area contributed by atoms with Gasteiger partial charge in [-0.15, -0.1) is 0 Å². The molecule has 0 aliphatic heterocycles. The normalized spacial score (nSPS) is 10.4. The van der Waals surface area contributed by atoms with E-state index >= 15 is 0 Å². The molecule has 0 spiro atoms. The summed E-state index contributed by atoms with van der Waals surface area (Å²) in [6.07, 6.45) is 1.66. The van der Waals surface area contributed by atoms with Crippen molar-refractivity contribution in [1.82, 2.24) is 9.97 Å². The van der Waals surface area contributed by atoms with Gasteiger partial charge in [0, 0.05) is 23.5 Å². The second kappa shape index (κ2) is 4.45. The van der Waals surface area contributed by atoms with Crippen molar-refractivity contribution in [3.8, 4) is 0 Å². The second-order valence-electron chi connectivity index (χ2n) is 3.27. The number of benzene rings is 1. The summed E-state index contributed by atoms with van der Waals surface area (Å²) in [5, 5.41) is 1.50. The van der Waals surface area contributed by atoms with Crippen LogP contribution in [0.5, 0.6) is 0 Å². The number of nitrogens with zero attached hydrogens (tertiary/aromatic N) is 2. The van der Waals surface area contributed by atoms with E-state index in [1.54, 1.807) is 24.4 Å². The van der Waals surface area contributed by atoms with Gasteiger partial charge in [-0.3, -0.25) is 4.79 Å². The van der Waals surface area contributed by atoms with Crippen molar-refractivity contribution in [3.05, 3.63) is 35.2 Å². The predicted octanol–water partition coefficient (Wildman–Crippen LogP) is 2.35. The molecule has 82 valence electrons. The van der Waals surface area contributed by atoms with Gasteiger partial charge in [-0.05, 0) is 18.2 Å². The molecule has 0 saturated carbocycles. The summed E-state index contributed by atoms with van der Waals surface area (Å²) >= 11 is 5.84. The van der Waals surface area contributed by atoms with Gasteiger partial charge in [0.25, 0.3) is 0 Å². The molecular weight excluding hydrogens is 228 g/mol. The predicted molar refractivity (Wildman–Crippen MR) is 60.0 cm³/mol. The van der Waals surface area contributed by atoms with Crippen LogP contribution in [0.4, 0.5) is 0 Å². The quantitative estimate of drug-likeness (QED) is 0.751. The van der Waals surface area contributed by atoms with Crippen LogP contribution in [-0.2, 0) is 16.1 Å². The lowest BCUT2D eigenvalue weighted by Crippen LogP contribution is -2.02. The smallest absolute Gasteiger partial charge is 0.303 e. The standard InChI is InChI=1S/C11H9ClN2O2/c1-7(15)16-6-11-13-5-8-4-9(12)2-3-10(8)14-11/h2-5H,6H2,1H3. The first-order chi connectivity index (χ1) is 7.65. The van der Waals surface area contributed by atoms with Crippen molar-refractivity contribution in [2.45, 2.75) is 13.5 Å². The maximum absolute atomic E-state index is 10.6. The number of halogens is 1. The molecule has 16 heavy (non-hydrogen) atoms. The zero-order valence-electron chi connectivity index (χ0n) is 8.61. The van der Waals surface area contributed by atoms with Crippen molar-refractivity contribution < 1.29 is 9.53 Å². The van der Waals surface area contributed by atoms with E-state index in [1.807, 2.05) is 0 Å². The number of hydrogen-bond acceptors (Lipinski definition) is 4. The minimum atomic E-state index is -0.347. The van der Waals surface area contributed by atoms with E-state index in [0.717, 1.165) is 10.9 Å². The van der Waals surface area contributed by atoms with Crippen LogP contribution in [-0.4, -0.2) is 15.9 Å². The molecule has 0 amide bonds. The third kappa shape index (κ3) is 2.46. The number of hydrogen-bond donors (Lipinski definition) is 0. The molecule has 0 N–H and O–H groups in total. The fourth-order valence-corrected chi connectivity index (χ4v) is 1.46. The zero-order valence-corrected chi connectivity index (χ0v) is 9.36. The number of aromatic nitrogens is 2. The molecule has 1 heterocycles. The monoisotopic (exact) mass is 236 g/mol. The Balaban J connectivity index is 2.30. The van der Waals surface area contributed by atoms with Crippen molar-refractivity contribution in [3.63, 3.8) is 0 Å². The molecule has 0 atom stereocenters. The van der Waals surface area contributed by atoms with Gasteiger partial charge in [-0.2, -0.15) is 0 Å². The summed E-state index contributed by atoms with van der Waals surface area (Å²) in [6.45, 7) is 1.44. The third-order valence-electron chi connectivity index (χ3n) is 2.00. The van der Waals surface area contributed by atoms with E-state index in [-0.39, 0.29) is 12.6 Å². The fourth-order valence-electron chi connectivity index (χ4n) is 1.28. The van der Waals surface area contributed by atoms with Crippen molar-refractivity contribution >= 4 is 28.5 Å². The van der Waals surface area contributed by atoms with E-state index < -0.39 is 0 Å². The Hall–Kier alpha value is -1.68. The van der Waals surface area contributed by atoms with Crippen LogP contribution in [0, 0.1) is 0 Å². The van der Waals surface area contributed by atoms with Gasteiger partial charge in [0.05, 0.1) is 5.52 Å². The topological polar surface area (TPSA) is 52.1 Å². The number of carbonyl (C=O) groups is 1. The molecule has 2 aromatic rings. The molecule has 0 bridgehead atoms. The highest BCUT2D eigenvalue weighted by Crippen LogP contribution is 2.16. The second-order valence-corrected chi connectivity index (χ2v) is 3.71. The van der Waals surface area contributed by atoms with Crippen LogP contribution >= 0.6 is 11.6 Å². The van der Waals surface area contributed by atoms with Crippen molar-refractivity contribution in [1.29, 1.82) is 0 Å². The summed E-state index contributed by atoms with van der Waals surface area (Å²) in [5.74, 6) is 0.129. The summed E-state index contributed by atoms with van der Waals surface area (Å²) < 4.78 is 4.81. The SMILES string of the molecule is CC(=O)OCc1ncc2cc(Cl)ccc2n1. The van der Waals surface area contributed by atoms with Gasteiger partial charge in [0.1, 0.15) is 0 Å². The van der Waals surface area contributed by atoms with Crippen LogP contribution in [0.25, 0.3) is 10.9 Å². The van der Waals surface area contributed by atoms with E-state index in [9.17, 15) is 4.79 Å². The first-order valence-electron chi connectivity index (χ1n) is 4.70. The van der Waals surface area contributed by atoms with Gasteiger partial charge in [-0.1, -0.05) is 11.6 Å². The lowest BCUT2D eigenvalue weighted by Gasteiger charge is -2.02. The number of rotatable bonds is 2. The van der Waals surface area contributed by atoms with E-state index in [4.69, 9.17) is 16.3 Å². The molecule has 5 heteroatoms. The summed E-state index contributed by atoms with van der Waals surface area (Å²) in [5.41, 5.74) is 0.779. The largest absolute Gasteiger partial charge is 0.458 e. The highest BCUT2D eigenvalue weighted by atomic mass is 35.5. The van der Waals surface area contributed by atoms with Gasteiger partial charge in [-0.25, -0.2) is 9.97 Å². The number of carbonyl (C=O) groups excluding carboxylic acids is 1. The molecular formula is C11H9ClN2O2. The summed E-state index contributed by atoms with van der Waals surface area (Å²) in [7, 11) is 0. The molecule has 0 saturated heterocycles. The molecule has 1 aromatic heterocycles. The fraction of sp³-hybridized carbons (Fsp3) is 0.182. The zero-order chi connectivity index (χ0) is 11.5. The van der Waals surface area contributed by atoms with Crippen molar-refractivity contribution in [2.24, 2.45) is 0 Å². The van der Waals surface area contributed by atoms with E-state index in [0.29, 0.717) is 10.8 Å². The molecule has 0 unspecified atom stereocenters. The first kappa shape index (κ1) is 10.8. The molecule has 0 aliphatic carbocycles. The Morgan fingerprint density at radius 2 is 2.31 bits per heavy atom. The minimum Gasteiger partial charge on any atom is -0.458 e. The van der Waals surface area contributed by atoms with Gasteiger partial charge in [0.2, 0.25) is 0 Å². The Morgan fingerprint density at radius 3 is 3.06 bits per heavy atom. The molecule has 0 radical (unpaired) electrons. The average molecular weight is 237 g/mol. The summed E-state index contributed by atoms with van der Waals surface area (Å²) in [6, 6.07) is 5.34. The maximum atomic E-state index is 10.6. The molecule has 2 rings (SSSR count). The number of ether oxygens (including phenoxy) is 1. The highest BCUT2D eigenvalue weighted by Gasteiger charge is 2.02. The molecule has 0 aliphatic rings. The summed E-state index contributed by atoms with van der Waals surface area (Å²) in [4.78, 5) is 18.9. The Bertz CT molecular complexity index is 542. The third-order valence-corrected chi connectivity index (χ3v) is 2.23. The maximum Gasteiger partial charge on any atom is 0.303 e. The average Bonchev–Trinajstić information content (AvgIpc) is 2.26. The van der Waals surface area contributed by atoms with Gasteiger partial charge < -0.3 is 4.74 Å². The molecule has 0 fully saturated rings. The molecule has 1 aromatic carbocycles. The first-order valence-corrected chi connectivity index (χ1v) is 5.07. The van der Waals surface area contributed by atoms with Crippen LogP contribution in [0.2, 0.25) is 5.02 Å². The molecule has 4 nitrogen and oxygen atoms in total. The van der Waals surface area contributed by atoms with Crippen LogP contribution in [0.3, 0.4) is 0 Å². The van der Waals surface area contributed by atoms with Crippen LogP contribution < -0.4 is 0 Å². The Kier molecular flexibility index (Phi) is 3.01. The van der Waals surface area contributed by atoms with Gasteiger partial charge >= 0.3 is 5.97 Å². The van der Waals surface area contributed by atoms with Crippen molar-refractivity contribution in [2.75, 3.05) is 0 Å².